The number of aromatic amines is 1. The minimum Gasteiger partial charge on any atom is -0.365 e. The van der Waals surface area contributed by atoms with Gasteiger partial charge in [-0.05, 0) is 42.0 Å². The van der Waals surface area contributed by atoms with E-state index < -0.39 is 0 Å². The van der Waals surface area contributed by atoms with Crippen molar-refractivity contribution in [3.05, 3.63) is 72.4 Å². The van der Waals surface area contributed by atoms with Gasteiger partial charge in [-0.2, -0.15) is 10.2 Å². The topological polar surface area (TPSA) is 66.5 Å². The van der Waals surface area contributed by atoms with Gasteiger partial charge in [-0.15, -0.1) is 0 Å². The zero-order valence-electron chi connectivity index (χ0n) is 12.7. The van der Waals surface area contributed by atoms with E-state index >= 15 is 0 Å². The van der Waals surface area contributed by atoms with Gasteiger partial charge < -0.3 is 10.3 Å². The van der Waals surface area contributed by atoms with E-state index in [0.29, 0.717) is 17.7 Å². The summed E-state index contributed by atoms with van der Waals surface area (Å²) in [5.74, 6) is 0.482. The van der Waals surface area contributed by atoms with Crippen molar-refractivity contribution >= 4 is 16.7 Å². The molecular formula is C18H14FN5. The van der Waals surface area contributed by atoms with Crippen LogP contribution in [0.2, 0.25) is 0 Å². The number of hydrogen-bond donors (Lipinski definition) is 2. The fraction of sp³-hybridized carbons (Fsp3) is 0.0556. The molecule has 4 rings (SSSR count). The zero-order chi connectivity index (χ0) is 16.4. The second-order valence-electron chi connectivity index (χ2n) is 5.33. The van der Waals surface area contributed by atoms with Gasteiger partial charge in [-0.3, -0.25) is 0 Å². The lowest BCUT2D eigenvalue weighted by molar-refractivity contribution is 0.639. The molecule has 1 aromatic carbocycles. The molecule has 0 aliphatic heterocycles. The van der Waals surface area contributed by atoms with Crippen LogP contribution in [0.25, 0.3) is 22.2 Å². The molecule has 0 fully saturated rings. The third kappa shape index (κ3) is 2.58. The number of fused-ring (bicyclic) bond motifs is 1. The normalized spacial score (nSPS) is 10.9. The summed E-state index contributed by atoms with van der Waals surface area (Å²) in [5, 5.41) is 11.9. The highest BCUT2D eigenvalue weighted by Gasteiger charge is 2.10. The summed E-state index contributed by atoms with van der Waals surface area (Å²) in [5.41, 5.74) is 3.37. The molecule has 118 valence electrons. The van der Waals surface area contributed by atoms with Gasteiger partial charge in [0, 0.05) is 36.1 Å². The summed E-state index contributed by atoms with van der Waals surface area (Å²) >= 11 is 0. The summed E-state index contributed by atoms with van der Waals surface area (Å²) in [6.07, 6.45) is 5.09. The van der Waals surface area contributed by atoms with Gasteiger partial charge in [0.1, 0.15) is 11.6 Å². The molecule has 3 aromatic heterocycles. The van der Waals surface area contributed by atoms with Crippen molar-refractivity contribution in [1.82, 2.24) is 20.2 Å². The van der Waals surface area contributed by atoms with Crippen molar-refractivity contribution in [2.24, 2.45) is 0 Å². The summed E-state index contributed by atoms with van der Waals surface area (Å²) in [6, 6.07) is 12.5. The number of aromatic nitrogens is 4. The number of anilines is 1. The molecule has 24 heavy (non-hydrogen) atoms. The van der Waals surface area contributed by atoms with Crippen LogP contribution < -0.4 is 5.32 Å². The maximum atomic E-state index is 13.8. The maximum absolute atomic E-state index is 13.8. The SMILES string of the molecule is Fc1ccc(CNc2ncccc2-c2cccnn2)c2[nH]ccc12. The lowest BCUT2D eigenvalue weighted by atomic mass is 10.1. The van der Waals surface area contributed by atoms with Crippen molar-refractivity contribution in [3.8, 4) is 11.3 Å². The van der Waals surface area contributed by atoms with Gasteiger partial charge in [0.05, 0.1) is 11.2 Å². The van der Waals surface area contributed by atoms with Gasteiger partial charge >= 0.3 is 0 Å². The molecule has 0 atom stereocenters. The Morgan fingerprint density at radius 3 is 2.83 bits per heavy atom. The van der Waals surface area contributed by atoms with Gasteiger partial charge in [0.25, 0.3) is 0 Å². The number of H-pyrrole nitrogens is 1. The molecular weight excluding hydrogens is 305 g/mol. The third-order valence-electron chi connectivity index (χ3n) is 3.86. The predicted octanol–water partition coefficient (Wildman–Crippen LogP) is 3.77. The quantitative estimate of drug-likeness (QED) is 0.601. The van der Waals surface area contributed by atoms with Crippen LogP contribution in [0.1, 0.15) is 5.56 Å². The largest absolute Gasteiger partial charge is 0.365 e. The van der Waals surface area contributed by atoms with E-state index in [1.54, 1.807) is 30.7 Å². The molecule has 4 aromatic rings. The van der Waals surface area contributed by atoms with E-state index in [9.17, 15) is 4.39 Å². The van der Waals surface area contributed by atoms with Crippen LogP contribution in [0.4, 0.5) is 10.2 Å². The summed E-state index contributed by atoms with van der Waals surface area (Å²) < 4.78 is 13.8. The fourth-order valence-electron chi connectivity index (χ4n) is 2.71. The summed E-state index contributed by atoms with van der Waals surface area (Å²) in [4.78, 5) is 7.48. The molecule has 0 amide bonds. The summed E-state index contributed by atoms with van der Waals surface area (Å²) in [7, 11) is 0. The van der Waals surface area contributed by atoms with E-state index in [0.717, 1.165) is 22.3 Å². The molecule has 0 radical (unpaired) electrons. The average molecular weight is 319 g/mol. The Kier molecular flexibility index (Phi) is 3.63. The molecule has 0 aliphatic rings. The second kappa shape index (κ2) is 6.08. The maximum Gasteiger partial charge on any atom is 0.135 e. The number of nitrogens with zero attached hydrogens (tertiary/aromatic N) is 3. The van der Waals surface area contributed by atoms with Crippen LogP contribution in [0.3, 0.4) is 0 Å². The first kappa shape index (κ1) is 14.3. The molecule has 0 bridgehead atoms. The van der Waals surface area contributed by atoms with Crippen LogP contribution in [-0.4, -0.2) is 20.2 Å². The minimum absolute atomic E-state index is 0.229. The first-order chi connectivity index (χ1) is 11.8. The molecule has 0 saturated carbocycles. The zero-order valence-corrected chi connectivity index (χ0v) is 12.7. The highest BCUT2D eigenvalue weighted by Crippen LogP contribution is 2.25. The van der Waals surface area contributed by atoms with Crippen molar-refractivity contribution in [3.63, 3.8) is 0 Å². The van der Waals surface area contributed by atoms with Crippen LogP contribution in [0.15, 0.2) is 61.1 Å². The van der Waals surface area contributed by atoms with Gasteiger partial charge in [-0.1, -0.05) is 6.07 Å². The molecule has 0 aliphatic carbocycles. The molecule has 0 unspecified atom stereocenters. The number of pyridine rings is 1. The monoisotopic (exact) mass is 319 g/mol. The second-order valence-corrected chi connectivity index (χ2v) is 5.33. The molecule has 5 nitrogen and oxygen atoms in total. The van der Waals surface area contributed by atoms with E-state index in [-0.39, 0.29) is 5.82 Å². The van der Waals surface area contributed by atoms with Crippen LogP contribution in [0.5, 0.6) is 0 Å². The van der Waals surface area contributed by atoms with E-state index in [2.05, 4.69) is 25.5 Å². The van der Waals surface area contributed by atoms with Gasteiger partial charge in [-0.25, -0.2) is 9.37 Å². The molecule has 0 saturated heterocycles. The first-order valence-corrected chi connectivity index (χ1v) is 7.54. The van der Waals surface area contributed by atoms with E-state index in [1.807, 2.05) is 24.3 Å². The van der Waals surface area contributed by atoms with Crippen LogP contribution >= 0.6 is 0 Å². The number of hydrogen-bond acceptors (Lipinski definition) is 4. The highest BCUT2D eigenvalue weighted by atomic mass is 19.1. The van der Waals surface area contributed by atoms with Gasteiger partial charge in [0.15, 0.2) is 0 Å². The molecule has 0 spiro atoms. The number of rotatable bonds is 4. The molecule has 3 heterocycles. The molecule has 6 heteroatoms. The first-order valence-electron chi connectivity index (χ1n) is 7.54. The van der Waals surface area contributed by atoms with Crippen molar-refractivity contribution in [2.45, 2.75) is 6.54 Å². The van der Waals surface area contributed by atoms with Crippen molar-refractivity contribution in [1.29, 1.82) is 0 Å². The smallest absolute Gasteiger partial charge is 0.135 e. The molecule has 2 N–H and O–H groups in total. The van der Waals surface area contributed by atoms with Crippen LogP contribution in [0, 0.1) is 5.82 Å². The van der Waals surface area contributed by atoms with E-state index in [4.69, 9.17) is 0 Å². The Labute approximate surface area is 137 Å². The minimum atomic E-state index is -0.229. The highest BCUT2D eigenvalue weighted by molar-refractivity contribution is 5.83. The number of nitrogens with one attached hydrogen (secondary N) is 2. The predicted molar refractivity (Wildman–Crippen MR) is 90.8 cm³/mol. The Balaban J connectivity index is 1.65. The lowest BCUT2D eigenvalue weighted by Gasteiger charge is -2.11. The third-order valence-corrected chi connectivity index (χ3v) is 3.86. The summed E-state index contributed by atoms with van der Waals surface area (Å²) in [6.45, 7) is 0.515. The van der Waals surface area contributed by atoms with Gasteiger partial charge in [0.2, 0.25) is 0 Å². The number of halogens is 1. The lowest BCUT2D eigenvalue weighted by Crippen LogP contribution is -2.04. The standard InChI is InChI=1S/C18H14FN5/c19-15-6-5-12(17-13(15)7-10-20-17)11-22-18-14(3-1-8-21-18)16-4-2-9-23-24-16/h1-10,20H,11H2,(H,21,22). The van der Waals surface area contributed by atoms with E-state index in [1.165, 1.54) is 6.07 Å². The average Bonchev–Trinajstić information content (AvgIpc) is 3.13. The van der Waals surface area contributed by atoms with Crippen LogP contribution in [-0.2, 0) is 6.54 Å². The Hall–Kier alpha value is -3.28. The number of benzene rings is 1. The Bertz CT molecular complexity index is 981. The fourth-order valence-corrected chi connectivity index (χ4v) is 2.71. The Morgan fingerprint density at radius 1 is 1.04 bits per heavy atom. The van der Waals surface area contributed by atoms with Crippen molar-refractivity contribution < 1.29 is 4.39 Å². The Morgan fingerprint density at radius 2 is 1.96 bits per heavy atom. The van der Waals surface area contributed by atoms with Crippen molar-refractivity contribution in [2.75, 3.05) is 5.32 Å².